The summed E-state index contributed by atoms with van der Waals surface area (Å²) in [6.07, 6.45) is -19.5. The minimum atomic E-state index is -5.06. The highest BCUT2D eigenvalue weighted by atomic mass is 79.9. The van der Waals surface area contributed by atoms with Gasteiger partial charge in [0, 0.05) is 4.47 Å². The fourth-order valence-electron chi connectivity index (χ4n) is 4.85. The SMILES string of the molecule is Fc1cc(Br)cc(C(F)(F)F)c1.N#Cc1ccc(F)c(C(F)(F)F)c1.NC(Cc1ccccc1)(c1cc(F)cc(C(F)(F)F)c1)c1ccc(F)c(C(F)(F)F)c1. The van der Waals surface area contributed by atoms with Crippen LogP contribution in [0.2, 0.25) is 0 Å². The predicted octanol–water partition coefficient (Wildman–Crippen LogP) is 12.8. The van der Waals surface area contributed by atoms with Crippen molar-refractivity contribution in [2.75, 3.05) is 0 Å². The second-order valence-electron chi connectivity index (χ2n) is 11.5. The fraction of sp³-hybridized carbons (Fsp3) is 0.162. The van der Waals surface area contributed by atoms with Crippen molar-refractivity contribution in [2.45, 2.75) is 36.7 Å². The number of alkyl halides is 12. The molecule has 0 bridgehead atoms. The highest BCUT2D eigenvalue weighted by molar-refractivity contribution is 9.10. The third-order valence-corrected chi connectivity index (χ3v) is 7.90. The van der Waals surface area contributed by atoms with Gasteiger partial charge in [-0.2, -0.15) is 57.9 Å². The molecular weight excluding hydrogens is 856 g/mol. The largest absolute Gasteiger partial charge is 0.419 e. The maximum Gasteiger partial charge on any atom is 0.419 e. The molecule has 5 rings (SSSR count). The van der Waals surface area contributed by atoms with Gasteiger partial charge in [0.05, 0.1) is 39.4 Å². The third-order valence-electron chi connectivity index (χ3n) is 7.44. The normalized spacial score (nSPS) is 13.0. The van der Waals surface area contributed by atoms with Gasteiger partial charge in [-0.1, -0.05) is 52.3 Å². The minimum Gasteiger partial charge on any atom is -0.317 e. The lowest BCUT2D eigenvalue weighted by Crippen LogP contribution is -2.41. The van der Waals surface area contributed by atoms with Gasteiger partial charge in [-0.15, -0.1) is 0 Å². The maximum absolute atomic E-state index is 14.1. The molecule has 2 N–H and O–H groups in total. The van der Waals surface area contributed by atoms with Crippen LogP contribution in [0.3, 0.4) is 0 Å². The second-order valence-corrected chi connectivity index (χ2v) is 12.4. The van der Waals surface area contributed by atoms with E-state index in [9.17, 15) is 70.2 Å². The number of benzene rings is 5. The molecule has 0 aliphatic rings. The van der Waals surface area contributed by atoms with Crippen molar-refractivity contribution >= 4 is 15.9 Å². The molecule has 1 atom stereocenters. The van der Waals surface area contributed by atoms with E-state index in [1.165, 1.54) is 6.07 Å². The summed E-state index contributed by atoms with van der Waals surface area (Å²) in [6.45, 7) is 0. The van der Waals surface area contributed by atoms with Crippen LogP contribution in [-0.4, -0.2) is 0 Å². The lowest BCUT2D eigenvalue weighted by molar-refractivity contribution is -0.140. The molecular formula is C37H21BrF16N2. The molecule has 0 aliphatic heterocycles. The molecule has 5 aromatic rings. The van der Waals surface area contributed by atoms with Gasteiger partial charge in [-0.05, 0) is 89.8 Å². The average Bonchev–Trinajstić information content (AvgIpc) is 3.07. The summed E-state index contributed by atoms with van der Waals surface area (Å²) < 4.78 is 204. The van der Waals surface area contributed by atoms with Crippen LogP contribution in [0.4, 0.5) is 70.2 Å². The van der Waals surface area contributed by atoms with Gasteiger partial charge in [-0.25, -0.2) is 17.6 Å². The van der Waals surface area contributed by atoms with Gasteiger partial charge < -0.3 is 5.73 Å². The van der Waals surface area contributed by atoms with Gasteiger partial charge in [0.25, 0.3) is 0 Å². The molecule has 298 valence electrons. The summed E-state index contributed by atoms with van der Waals surface area (Å²) in [5.74, 6) is -5.09. The summed E-state index contributed by atoms with van der Waals surface area (Å²) in [5, 5.41) is 8.28. The third kappa shape index (κ3) is 12.2. The molecule has 0 spiro atoms. The van der Waals surface area contributed by atoms with Crippen LogP contribution in [0.5, 0.6) is 0 Å². The molecule has 19 heteroatoms. The van der Waals surface area contributed by atoms with Gasteiger partial charge in [0.15, 0.2) is 0 Å². The highest BCUT2D eigenvalue weighted by Gasteiger charge is 2.40. The van der Waals surface area contributed by atoms with E-state index < -0.39 is 81.3 Å². The van der Waals surface area contributed by atoms with E-state index in [-0.39, 0.29) is 28.1 Å². The van der Waals surface area contributed by atoms with Crippen molar-refractivity contribution in [2.24, 2.45) is 5.73 Å². The zero-order valence-corrected chi connectivity index (χ0v) is 29.1. The molecule has 0 saturated heterocycles. The lowest BCUT2D eigenvalue weighted by Gasteiger charge is -2.32. The summed E-state index contributed by atoms with van der Waals surface area (Å²) >= 11 is 2.77. The Hall–Kier alpha value is -5.09. The van der Waals surface area contributed by atoms with Crippen LogP contribution in [-0.2, 0) is 36.7 Å². The Kier molecular flexibility index (Phi) is 14.1. The van der Waals surface area contributed by atoms with Crippen molar-refractivity contribution in [1.82, 2.24) is 0 Å². The van der Waals surface area contributed by atoms with Crippen molar-refractivity contribution < 1.29 is 70.2 Å². The number of nitriles is 1. The van der Waals surface area contributed by atoms with Gasteiger partial charge in [-0.3, -0.25) is 0 Å². The summed E-state index contributed by atoms with van der Waals surface area (Å²) in [7, 11) is 0. The number of rotatable bonds is 4. The molecule has 56 heavy (non-hydrogen) atoms. The molecule has 0 saturated carbocycles. The summed E-state index contributed by atoms with van der Waals surface area (Å²) in [5.41, 5.74) is -1.45. The smallest absolute Gasteiger partial charge is 0.317 e. The Bertz CT molecular complexity index is 2150. The fourth-order valence-corrected chi connectivity index (χ4v) is 5.31. The van der Waals surface area contributed by atoms with Crippen LogP contribution in [0, 0.1) is 34.6 Å². The van der Waals surface area contributed by atoms with Crippen LogP contribution in [0.1, 0.15) is 44.5 Å². The number of hydrogen-bond donors (Lipinski definition) is 1. The summed E-state index contributed by atoms with van der Waals surface area (Å²) in [4.78, 5) is 0. The molecule has 5 aromatic carbocycles. The lowest BCUT2D eigenvalue weighted by atomic mass is 9.78. The number of hydrogen-bond acceptors (Lipinski definition) is 2. The number of nitrogens with two attached hydrogens (primary N) is 1. The van der Waals surface area contributed by atoms with Crippen LogP contribution < -0.4 is 5.73 Å². The topological polar surface area (TPSA) is 49.8 Å². The molecule has 0 heterocycles. The quantitative estimate of drug-likeness (QED) is 0.183. The molecule has 2 nitrogen and oxygen atoms in total. The van der Waals surface area contributed by atoms with E-state index in [2.05, 4.69) is 15.9 Å². The van der Waals surface area contributed by atoms with Crippen LogP contribution >= 0.6 is 15.9 Å². The van der Waals surface area contributed by atoms with E-state index in [0.29, 0.717) is 42.0 Å². The zero-order valence-electron chi connectivity index (χ0n) is 27.5. The molecule has 0 fully saturated rings. The van der Waals surface area contributed by atoms with E-state index in [4.69, 9.17) is 11.0 Å². The molecule has 1 unspecified atom stereocenters. The van der Waals surface area contributed by atoms with E-state index in [0.717, 1.165) is 30.3 Å². The molecule has 0 radical (unpaired) electrons. The van der Waals surface area contributed by atoms with Crippen molar-refractivity contribution in [3.05, 3.63) is 175 Å². The first-order valence-electron chi connectivity index (χ1n) is 15.0. The standard InChI is InChI=1S/C22H15F8N.C8H3F4N.C7H3BrF4/c23-17-9-15(8-16(10-17)21(25,26)27)20(31,12-13-4-2-1-3-5-13)14-6-7-19(24)18(11-14)22(28,29)30;9-7-2-1-5(4-13)3-6(7)8(10,11)12;8-5-1-4(7(10,11)12)2-6(9)3-5/h1-11H,12,31H2;1-3H;1-3H. The average molecular weight is 877 g/mol. The maximum atomic E-state index is 14.1. The first-order valence-corrected chi connectivity index (χ1v) is 15.8. The van der Waals surface area contributed by atoms with Gasteiger partial charge >= 0.3 is 24.7 Å². The Labute approximate surface area is 314 Å². The Morgan fingerprint density at radius 2 is 0.964 bits per heavy atom. The monoisotopic (exact) mass is 876 g/mol. The van der Waals surface area contributed by atoms with Crippen molar-refractivity contribution in [3.8, 4) is 6.07 Å². The zero-order chi connectivity index (χ0) is 42.4. The Morgan fingerprint density at radius 3 is 1.45 bits per heavy atom. The number of nitrogens with zero attached hydrogens (tertiary/aromatic N) is 1. The Morgan fingerprint density at radius 1 is 0.500 bits per heavy atom. The second kappa shape index (κ2) is 17.4. The highest BCUT2D eigenvalue weighted by Crippen LogP contribution is 2.40. The Balaban J connectivity index is 0.000000275. The molecule has 0 aromatic heterocycles. The van der Waals surface area contributed by atoms with Crippen molar-refractivity contribution in [3.63, 3.8) is 0 Å². The summed E-state index contributed by atoms with van der Waals surface area (Å²) in [6, 6.07) is 17.4. The molecule has 0 amide bonds. The predicted molar refractivity (Wildman–Crippen MR) is 173 cm³/mol. The molecule has 0 aliphatic carbocycles. The van der Waals surface area contributed by atoms with Crippen molar-refractivity contribution in [1.29, 1.82) is 5.26 Å². The van der Waals surface area contributed by atoms with Gasteiger partial charge in [0.1, 0.15) is 23.3 Å². The number of halogens is 17. The van der Waals surface area contributed by atoms with Crippen LogP contribution in [0.15, 0.2) is 108 Å². The van der Waals surface area contributed by atoms with Gasteiger partial charge in [0.2, 0.25) is 0 Å². The van der Waals surface area contributed by atoms with E-state index >= 15 is 0 Å². The van der Waals surface area contributed by atoms with Crippen LogP contribution in [0.25, 0.3) is 0 Å². The first kappa shape index (κ1) is 45.3. The van der Waals surface area contributed by atoms with E-state index in [1.54, 1.807) is 30.3 Å². The van der Waals surface area contributed by atoms with E-state index in [1.807, 2.05) is 0 Å². The minimum absolute atomic E-state index is 0.0785. The first-order chi connectivity index (χ1) is 25.6.